The monoisotopic (exact) mass is 353 g/mol. The number of hydrogen-bond acceptors (Lipinski definition) is 3. The van der Waals surface area contributed by atoms with Gasteiger partial charge in [0.25, 0.3) is 5.91 Å². The first-order valence-corrected chi connectivity index (χ1v) is 7.35. The Morgan fingerprint density at radius 1 is 1.33 bits per heavy atom. The molecule has 112 valence electrons. The van der Waals surface area contributed by atoms with E-state index in [2.05, 4.69) is 26.7 Å². The first kappa shape index (κ1) is 15.5. The van der Waals surface area contributed by atoms with Crippen molar-refractivity contribution in [3.05, 3.63) is 34.3 Å². The summed E-state index contributed by atoms with van der Waals surface area (Å²) in [6.07, 6.45) is 0.545. The molecule has 1 atom stereocenters. The van der Waals surface area contributed by atoms with Gasteiger partial charge >= 0.3 is 6.03 Å². The molecule has 6 nitrogen and oxygen atoms in total. The molecule has 1 aromatic carbocycles. The Kier molecular flexibility index (Phi) is 4.32. The quantitative estimate of drug-likeness (QED) is 0.809. The van der Waals surface area contributed by atoms with Gasteiger partial charge in [-0.05, 0) is 31.0 Å². The molecular weight excluding hydrogens is 338 g/mol. The van der Waals surface area contributed by atoms with Gasteiger partial charge in [0, 0.05) is 4.47 Å². The van der Waals surface area contributed by atoms with Crippen LogP contribution in [-0.4, -0.2) is 28.4 Å². The van der Waals surface area contributed by atoms with E-state index in [1.54, 1.807) is 26.0 Å². The fourth-order valence-corrected chi connectivity index (χ4v) is 2.24. The Hall–Kier alpha value is -1.89. The van der Waals surface area contributed by atoms with Crippen molar-refractivity contribution in [1.29, 1.82) is 0 Å². The van der Waals surface area contributed by atoms with Gasteiger partial charge in [-0.2, -0.15) is 5.01 Å². The molecule has 0 bridgehead atoms. The van der Waals surface area contributed by atoms with Gasteiger partial charge < -0.3 is 5.32 Å². The third kappa shape index (κ3) is 3.24. The van der Waals surface area contributed by atoms with E-state index in [1.807, 2.05) is 12.1 Å². The van der Waals surface area contributed by atoms with Crippen molar-refractivity contribution in [2.45, 2.75) is 32.2 Å². The van der Waals surface area contributed by atoms with E-state index < -0.39 is 23.4 Å². The molecular formula is C14H16BrN3O3. The molecule has 4 amide bonds. The summed E-state index contributed by atoms with van der Waals surface area (Å²) in [6.45, 7) is 3.43. The zero-order chi connectivity index (χ0) is 15.6. The molecule has 7 heteroatoms. The summed E-state index contributed by atoms with van der Waals surface area (Å²) in [6, 6.07) is 6.64. The molecule has 0 spiro atoms. The van der Waals surface area contributed by atoms with Crippen molar-refractivity contribution >= 4 is 33.8 Å². The minimum absolute atomic E-state index is 0.0905. The first-order valence-electron chi connectivity index (χ1n) is 6.56. The maximum absolute atomic E-state index is 12.1. The molecule has 1 aliphatic rings. The van der Waals surface area contributed by atoms with E-state index in [1.165, 1.54) is 0 Å². The number of halogens is 1. The number of nitrogens with zero attached hydrogens (tertiary/aromatic N) is 1. The second kappa shape index (κ2) is 5.85. The van der Waals surface area contributed by atoms with E-state index in [0.717, 1.165) is 15.0 Å². The summed E-state index contributed by atoms with van der Waals surface area (Å²) in [5.74, 6) is -0.861. The molecule has 1 fully saturated rings. The van der Waals surface area contributed by atoms with Crippen molar-refractivity contribution in [1.82, 2.24) is 15.8 Å². The minimum Gasteiger partial charge on any atom is -0.322 e. The highest BCUT2D eigenvalue weighted by molar-refractivity contribution is 9.10. The molecule has 0 aliphatic carbocycles. The van der Waals surface area contributed by atoms with Gasteiger partial charge in [0.15, 0.2) is 0 Å². The number of nitrogens with one attached hydrogen (secondary N) is 2. The minimum atomic E-state index is -0.956. The normalized spacial score (nSPS) is 21.4. The third-order valence-electron chi connectivity index (χ3n) is 3.48. The number of carbonyl (C=O) groups excluding carboxylic acids is 3. The van der Waals surface area contributed by atoms with E-state index in [4.69, 9.17) is 0 Å². The van der Waals surface area contributed by atoms with Crippen LogP contribution in [0.3, 0.4) is 0 Å². The number of amides is 4. The van der Waals surface area contributed by atoms with E-state index in [0.29, 0.717) is 6.42 Å². The first-order chi connectivity index (χ1) is 9.85. The zero-order valence-electron chi connectivity index (χ0n) is 11.8. The van der Waals surface area contributed by atoms with Crippen LogP contribution in [-0.2, 0) is 16.0 Å². The van der Waals surface area contributed by atoms with Gasteiger partial charge in [-0.15, -0.1) is 0 Å². The van der Waals surface area contributed by atoms with Crippen LogP contribution in [0.2, 0.25) is 0 Å². The Bertz CT molecular complexity index is 588. The van der Waals surface area contributed by atoms with Gasteiger partial charge in [0.1, 0.15) is 5.54 Å². The molecule has 21 heavy (non-hydrogen) atoms. The molecule has 2 rings (SSSR count). The summed E-state index contributed by atoms with van der Waals surface area (Å²) in [7, 11) is 0. The molecule has 0 radical (unpaired) electrons. The summed E-state index contributed by atoms with van der Waals surface area (Å²) in [4.78, 5) is 35.8. The lowest BCUT2D eigenvalue weighted by Crippen LogP contribution is -2.49. The highest BCUT2D eigenvalue weighted by Crippen LogP contribution is 2.19. The maximum Gasteiger partial charge on any atom is 0.344 e. The predicted octanol–water partition coefficient (Wildman–Crippen LogP) is 1.74. The molecule has 1 aromatic rings. The van der Waals surface area contributed by atoms with Crippen LogP contribution in [0, 0.1) is 0 Å². The third-order valence-corrected chi connectivity index (χ3v) is 4.01. The lowest BCUT2D eigenvalue weighted by molar-refractivity contribution is -0.138. The topological polar surface area (TPSA) is 78.5 Å². The van der Waals surface area contributed by atoms with Crippen molar-refractivity contribution in [2.24, 2.45) is 0 Å². The van der Waals surface area contributed by atoms with E-state index in [9.17, 15) is 14.4 Å². The lowest BCUT2D eigenvalue weighted by atomic mass is 10.00. The van der Waals surface area contributed by atoms with Crippen LogP contribution >= 0.6 is 15.9 Å². The van der Waals surface area contributed by atoms with Gasteiger partial charge in [0.2, 0.25) is 5.91 Å². The summed E-state index contributed by atoms with van der Waals surface area (Å²) in [5.41, 5.74) is 2.19. The number of hydrazine groups is 1. The lowest BCUT2D eigenvalue weighted by Gasteiger charge is -2.19. The number of hydrogen-bond donors (Lipinski definition) is 2. The van der Waals surface area contributed by atoms with Crippen molar-refractivity contribution < 1.29 is 14.4 Å². The molecule has 0 aromatic heterocycles. The highest BCUT2D eigenvalue weighted by atomic mass is 79.9. The number of benzene rings is 1. The van der Waals surface area contributed by atoms with Crippen LogP contribution in [0.4, 0.5) is 4.79 Å². The number of imide groups is 1. The van der Waals surface area contributed by atoms with Crippen molar-refractivity contribution in [3.8, 4) is 0 Å². The fourth-order valence-electron chi connectivity index (χ4n) is 1.98. The van der Waals surface area contributed by atoms with Crippen molar-refractivity contribution in [2.75, 3.05) is 0 Å². The molecule has 1 saturated heterocycles. The molecule has 0 unspecified atom stereocenters. The number of urea groups is 1. The Morgan fingerprint density at radius 2 is 1.95 bits per heavy atom. The zero-order valence-corrected chi connectivity index (χ0v) is 13.4. The average molecular weight is 354 g/mol. The second-order valence-corrected chi connectivity index (χ2v) is 6.01. The highest BCUT2D eigenvalue weighted by Gasteiger charge is 2.47. The van der Waals surface area contributed by atoms with Crippen LogP contribution in [0.15, 0.2) is 28.7 Å². The molecule has 1 aliphatic heterocycles. The fraction of sp³-hybridized carbons (Fsp3) is 0.357. The standard InChI is InChI=1S/C14H16BrN3O3/c1-3-14(2)12(20)18(13(21)16-14)17-11(19)8-9-4-6-10(15)7-5-9/h4-7H,3,8H2,1-2H3,(H,16,21)(H,17,19)/t14-/m1/s1. The van der Waals surface area contributed by atoms with Gasteiger partial charge in [-0.25, -0.2) is 4.79 Å². The van der Waals surface area contributed by atoms with E-state index >= 15 is 0 Å². The maximum atomic E-state index is 12.1. The Morgan fingerprint density at radius 3 is 2.48 bits per heavy atom. The largest absolute Gasteiger partial charge is 0.344 e. The summed E-state index contributed by atoms with van der Waals surface area (Å²) >= 11 is 3.31. The molecule has 1 heterocycles. The van der Waals surface area contributed by atoms with E-state index in [-0.39, 0.29) is 6.42 Å². The predicted molar refractivity (Wildman–Crippen MR) is 80.1 cm³/mol. The number of rotatable bonds is 4. The second-order valence-electron chi connectivity index (χ2n) is 5.09. The van der Waals surface area contributed by atoms with Crippen LogP contribution < -0.4 is 10.7 Å². The van der Waals surface area contributed by atoms with Gasteiger partial charge in [0.05, 0.1) is 6.42 Å². The molecule has 2 N–H and O–H groups in total. The van der Waals surface area contributed by atoms with Crippen molar-refractivity contribution in [3.63, 3.8) is 0 Å². The van der Waals surface area contributed by atoms with Gasteiger partial charge in [-0.3, -0.25) is 15.0 Å². The summed E-state index contributed by atoms with van der Waals surface area (Å²) in [5, 5.41) is 3.33. The smallest absolute Gasteiger partial charge is 0.322 e. The van der Waals surface area contributed by atoms with Crippen LogP contribution in [0.25, 0.3) is 0 Å². The Labute approximate surface area is 131 Å². The SMILES string of the molecule is CC[C@@]1(C)NC(=O)N(NC(=O)Cc2ccc(Br)cc2)C1=O. The van der Waals surface area contributed by atoms with Gasteiger partial charge in [-0.1, -0.05) is 35.0 Å². The molecule has 0 saturated carbocycles. The average Bonchev–Trinajstić information content (AvgIpc) is 2.66. The number of carbonyl (C=O) groups is 3. The van der Waals surface area contributed by atoms with Crippen LogP contribution in [0.1, 0.15) is 25.8 Å². The summed E-state index contributed by atoms with van der Waals surface area (Å²) < 4.78 is 0.916. The van der Waals surface area contributed by atoms with Crippen LogP contribution in [0.5, 0.6) is 0 Å². The Balaban J connectivity index is 2.01.